The van der Waals surface area contributed by atoms with Gasteiger partial charge in [0.1, 0.15) is 0 Å². The number of hydrogen-bond donors (Lipinski definition) is 2. The van der Waals surface area contributed by atoms with Crippen LogP contribution in [-0.4, -0.2) is 23.7 Å². The molecule has 0 aliphatic carbocycles. The summed E-state index contributed by atoms with van der Waals surface area (Å²) >= 11 is 6.01. The summed E-state index contributed by atoms with van der Waals surface area (Å²) in [4.78, 5) is 23.2. The Morgan fingerprint density at radius 1 is 1.43 bits per heavy atom. The molecule has 120 valence electrons. The van der Waals surface area contributed by atoms with Gasteiger partial charge in [-0.3, -0.25) is 9.59 Å². The molecule has 23 heavy (non-hydrogen) atoms. The van der Waals surface area contributed by atoms with Crippen molar-refractivity contribution in [3.05, 3.63) is 40.9 Å². The lowest BCUT2D eigenvalue weighted by Gasteiger charge is -2.06. The molecular formula is C16H17ClN4O2. The Morgan fingerprint density at radius 2 is 2.17 bits per heavy atom. The number of allylic oxidation sites excluding steroid dienone is 1. The molecular weight excluding hydrogens is 316 g/mol. The number of amides is 2. The minimum atomic E-state index is -0.341. The molecule has 7 heteroatoms. The van der Waals surface area contributed by atoms with Crippen LogP contribution in [0, 0.1) is 5.92 Å². The van der Waals surface area contributed by atoms with Gasteiger partial charge >= 0.3 is 0 Å². The van der Waals surface area contributed by atoms with Crippen molar-refractivity contribution in [3.8, 4) is 0 Å². The van der Waals surface area contributed by atoms with Crippen molar-refractivity contribution in [2.75, 3.05) is 0 Å². The molecule has 2 N–H and O–H groups in total. The van der Waals surface area contributed by atoms with E-state index in [2.05, 4.69) is 21.1 Å². The third-order valence-electron chi connectivity index (χ3n) is 3.30. The number of benzene rings is 1. The normalized spacial score (nSPS) is 18.0. The van der Waals surface area contributed by atoms with Gasteiger partial charge < -0.3 is 0 Å². The second kappa shape index (κ2) is 8.24. The summed E-state index contributed by atoms with van der Waals surface area (Å²) in [6.45, 7) is 1.76. The van der Waals surface area contributed by atoms with E-state index in [-0.39, 0.29) is 24.2 Å². The Hall–Kier alpha value is -2.47. The van der Waals surface area contributed by atoms with E-state index >= 15 is 0 Å². The summed E-state index contributed by atoms with van der Waals surface area (Å²) < 4.78 is 0. The molecule has 1 aromatic rings. The molecule has 0 saturated heterocycles. The smallest absolute Gasteiger partial charge is 0.248 e. The van der Waals surface area contributed by atoms with Gasteiger partial charge in [-0.25, -0.2) is 10.9 Å². The number of hydrazone groups is 2. The predicted octanol–water partition coefficient (Wildman–Crippen LogP) is 2.27. The van der Waals surface area contributed by atoms with Crippen LogP contribution in [0.1, 0.15) is 25.3 Å². The molecule has 0 spiro atoms. The highest BCUT2D eigenvalue weighted by Gasteiger charge is 2.26. The quantitative estimate of drug-likeness (QED) is 0.618. The van der Waals surface area contributed by atoms with Crippen LogP contribution < -0.4 is 10.9 Å². The van der Waals surface area contributed by atoms with Gasteiger partial charge in [0.25, 0.3) is 0 Å². The van der Waals surface area contributed by atoms with Crippen LogP contribution in [0.4, 0.5) is 0 Å². The van der Waals surface area contributed by atoms with Gasteiger partial charge in [0, 0.05) is 12.1 Å². The SMILES string of the molecule is CC1=NNC(=O)C1CCC(=O)N/N=C/C(Cl)=C/c1ccccc1. The van der Waals surface area contributed by atoms with Crippen LogP contribution in [0.15, 0.2) is 45.6 Å². The van der Waals surface area contributed by atoms with Crippen LogP contribution in [0.5, 0.6) is 0 Å². The summed E-state index contributed by atoms with van der Waals surface area (Å²) in [7, 11) is 0. The zero-order valence-electron chi connectivity index (χ0n) is 12.6. The van der Waals surface area contributed by atoms with Crippen molar-refractivity contribution in [2.45, 2.75) is 19.8 Å². The highest BCUT2D eigenvalue weighted by atomic mass is 35.5. The molecule has 0 bridgehead atoms. The zero-order chi connectivity index (χ0) is 16.7. The van der Waals surface area contributed by atoms with Crippen LogP contribution in [-0.2, 0) is 9.59 Å². The minimum Gasteiger partial charge on any atom is -0.273 e. The van der Waals surface area contributed by atoms with Crippen molar-refractivity contribution < 1.29 is 9.59 Å². The van der Waals surface area contributed by atoms with Gasteiger partial charge in [-0.2, -0.15) is 10.2 Å². The number of halogens is 1. The lowest BCUT2D eigenvalue weighted by Crippen LogP contribution is -2.25. The molecule has 0 radical (unpaired) electrons. The van der Waals surface area contributed by atoms with Crippen molar-refractivity contribution in [1.82, 2.24) is 10.9 Å². The first-order chi connectivity index (χ1) is 11.1. The molecule has 0 fully saturated rings. The maximum atomic E-state index is 11.7. The summed E-state index contributed by atoms with van der Waals surface area (Å²) in [6.07, 6.45) is 3.68. The van der Waals surface area contributed by atoms with E-state index in [0.29, 0.717) is 17.2 Å². The average Bonchev–Trinajstić information content (AvgIpc) is 2.85. The molecule has 6 nitrogen and oxygen atoms in total. The number of carbonyl (C=O) groups is 2. The first kappa shape index (κ1) is 16.9. The largest absolute Gasteiger partial charge is 0.273 e. The number of carbonyl (C=O) groups excluding carboxylic acids is 2. The molecule has 1 aliphatic heterocycles. The van der Waals surface area contributed by atoms with Gasteiger partial charge in [0.15, 0.2) is 0 Å². The second-order valence-corrected chi connectivity index (χ2v) is 5.49. The Balaban J connectivity index is 1.77. The van der Waals surface area contributed by atoms with Gasteiger partial charge in [-0.15, -0.1) is 0 Å². The summed E-state index contributed by atoms with van der Waals surface area (Å²) in [5, 5.41) is 8.03. The standard InChI is InChI=1S/C16H17ClN4O2/c1-11-14(16(23)21-19-11)7-8-15(22)20-18-10-13(17)9-12-5-3-2-4-6-12/h2-6,9-10,14H,7-8H2,1H3,(H,20,22)(H,21,23)/b13-9-,18-10+. The second-order valence-electron chi connectivity index (χ2n) is 5.05. The average molecular weight is 333 g/mol. The fourth-order valence-corrected chi connectivity index (χ4v) is 2.25. The van der Waals surface area contributed by atoms with E-state index in [1.54, 1.807) is 13.0 Å². The molecule has 1 aromatic carbocycles. The Morgan fingerprint density at radius 3 is 2.83 bits per heavy atom. The maximum absolute atomic E-state index is 11.7. The minimum absolute atomic E-state index is 0.173. The van der Waals surface area contributed by atoms with Crippen molar-refractivity contribution in [3.63, 3.8) is 0 Å². The lowest BCUT2D eigenvalue weighted by atomic mass is 9.99. The van der Waals surface area contributed by atoms with Gasteiger partial charge in [0.2, 0.25) is 11.8 Å². The number of nitrogens with zero attached hydrogens (tertiary/aromatic N) is 2. The van der Waals surface area contributed by atoms with E-state index in [4.69, 9.17) is 11.6 Å². The Bertz CT molecular complexity index is 668. The van der Waals surface area contributed by atoms with Crippen molar-refractivity contribution in [2.24, 2.45) is 16.1 Å². The molecule has 0 saturated carbocycles. The number of rotatable bonds is 6. The fourth-order valence-electron chi connectivity index (χ4n) is 2.07. The molecule has 2 rings (SSSR count). The van der Waals surface area contributed by atoms with Gasteiger partial charge in [-0.05, 0) is 25.0 Å². The molecule has 1 heterocycles. The first-order valence-electron chi connectivity index (χ1n) is 7.14. The topological polar surface area (TPSA) is 82.9 Å². The van der Waals surface area contributed by atoms with Crippen LogP contribution in [0.2, 0.25) is 0 Å². The van der Waals surface area contributed by atoms with E-state index in [0.717, 1.165) is 5.56 Å². The van der Waals surface area contributed by atoms with Gasteiger partial charge in [-0.1, -0.05) is 41.9 Å². The summed E-state index contributed by atoms with van der Waals surface area (Å²) in [5.41, 5.74) is 6.41. The monoisotopic (exact) mass is 332 g/mol. The zero-order valence-corrected chi connectivity index (χ0v) is 13.4. The van der Waals surface area contributed by atoms with Crippen LogP contribution in [0.3, 0.4) is 0 Å². The third kappa shape index (κ3) is 5.34. The number of nitrogens with one attached hydrogen (secondary N) is 2. The number of hydrogen-bond acceptors (Lipinski definition) is 4. The van der Waals surface area contributed by atoms with Crippen molar-refractivity contribution >= 4 is 41.4 Å². The van der Waals surface area contributed by atoms with E-state index < -0.39 is 0 Å². The van der Waals surface area contributed by atoms with E-state index in [1.165, 1.54) is 6.21 Å². The first-order valence-corrected chi connectivity index (χ1v) is 7.52. The Kier molecular flexibility index (Phi) is 6.05. The molecule has 1 aliphatic rings. The van der Waals surface area contributed by atoms with E-state index in [1.807, 2.05) is 30.3 Å². The summed E-state index contributed by atoms with van der Waals surface area (Å²) in [6, 6.07) is 9.53. The van der Waals surface area contributed by atoms with Gasteiger partial charge in [0.05, 0.1) is 17.2 Å². The molecule has 0 aromatic heterocycles. The highest BCUT2D eigenvalue weighted by molar-refractivity contribution is 6.41. The van der Waals surface area contributed by atoms with Crippen molar-refractivity contribution in [1.29, 1.82) is 0 Å². The molecule has 1 atom stereocenters. The maximum Gasteiger partial charge on any atom is 0.248 e. The predicted molar refractivity (Wildman–Crippen MR) is 90.9 cm³/mol. The lowest BCUT2D eigenvalue weighted by molar-refractivity contribution is -0.123. The molecule has 1 unspecified atom stereocenters. The van der Waals surface area contributed by atoms with E-state index in [9.17, 15) is 9.59 Å². The third-order valence-corrected chi connectivity index (χ3v) is 3.51. The highest BCUT2D eigenvalue weighted by Crippen LogP contribution is 2.13. The van der Waals surface area contributed by atoms with Crippen LogP contribution in [0.25, 0.3) is 6.08 Å². The molecule has 2 amide bonds. The van der Waals surface area contributed by atoms with Crippen LogP contribution >= 0.6 is 11.6 Å². The Labute approximate surface area is 139 Å². The summed E-state index contributed by atoms with van der Waals surface area (Å²) in [5.74, 6) is -0.795. The fraction of sp³-hybridized carbons (Fsp3) is 0.250.